The van der Waals surface area contributed by atoms with Crippen molar-refractivity contribution in [1.29, 1.82) is 0 Å². The zero-order valence-corrected chi connectivity index (χ0v) is 9.93. The molecule has 2 atom stereocenters. The summed E-state index contributed by atoms with van der Waals surface area (Å²) in [5, 5.41) is 10.6. The van der Waals surface area contributed by atoms with Gasteiger partial charge in [-0.15, -0.1) is 0 Å². The maximum atomic E-state index is 10.6. The fourth-order valence-electron chi connectivity index (χ4n) is 2.68. The third-order valence-electron chi connectivity index (χ3n) is 3.68. The first kappa shape index (κ1) is 10.7. The van der Waals surface area contributed by atoms with Crippen LogP contribution >= 0.6 is 0 Å². The van der Waals surface area contributed by atoms with E-state index in [0.29, 0.717) is 5.92 Å². The number of rotatable bonds is 3. The largest absolute Gasteiger partial charge is 0.385 e. The Morgan fingerprint density at radius 2 is 2.18 bits per heavy atom. The molecule has 2 unspecified atom stereocenters. The maximum absolute atomic E-state index is 10.6. The number of nitrogens with zero attached hydrogens (tertiary/aromatic N) is 2. The van der Waals surface area contributed by atoms with Crippen LogP contribution in [-0.2, 0) is 5.60 Å². The summed E-state index contributed by atoms with van der Waals surface area (Å²) in [6.07, 6.45) is 6.42. The molecule has 3 nitrogen and oxygen atoms in total. The number of fused-ring (bicyclic) bond motifs is 1. The standard InChI is InChI=1S/C14H16N2O/c1-2-4-10-9-14(10,17)11-5-3-6-12-13(11)16-8-7-15-12/h3,5-8,10,17H,2,4,9H2,1H3. The molecule has 1 aromatic heterocycles. The molecule has 1 fully saturated rings. The van der Waals surface area contributed by atoms with Gasteiger partial charge in [0, 0.05) is 18.0 Å². The van der Waals surface area contributed by atoms with Gasteiger partial charge in [0.1, 0.15) is 0 Å². The van der Waals surface area contributed by atoms with Gasteiger partial charge in [-0.25, -0.2) is 0 Å². The van der Waals surface area contributed by atoms with E-state index in [2.05, 4.69) is 16.9 Å². The van der Waals surface area contributed by atoms with E-state index in [1.807, 2.05) is 18.2 Å². The second-order valence-corrected chi connectivity index (χ2v) is 4.84. The van der Waals surface area contributed by atoms with Crippen molar-refractivity contribution in [1.82, 2.24) is 9.97 Å². The number of aliphatic hydroxyl groups is 1. The Balaban J connectivity index is 2.07. The lowest BCUT2D eigenvalue weighted by Gasteiger charge is -2.12. The highest BCUT2D eigenvalue weighted by Gasteiger charge is 2.54. The summed E-state index contributed by atoms with van der Waals surface area (Å²) in [6, 6.07) is 5.87. The molecule has 0 bridgehead atoms. The zero-order valence-electron chi connectivity index (χ0n) is 9.93. The van der Waals surface area contributed by atoms with Crippen LogP contribution in [0.15, 0.2) is 30.6 Å². The van der Waals surface area contributed by atoms with E-state index in [4.69, 9.17) is 0 Å². The lowest BCUT2D eigenvalue weighted by molar-refractivity contribution is 0.130. The first-order valence-corrected chi connectivity index (χ1v) is 6.18. The minimum atomic E-state index is -0.661. The van der Waals surface area contributed by atoms with Gasteiger partial charge in [0.05, 0.1) is 16.6 Å². The topological polar surface area (TPSA) is 46.0 Å². The highest BCUT2D eigenvalue weighted by atomic mass is 16.3. The second-order valence-electron chi connectivity index (χ2n) is 4.84. The van der Waals surface area contributed by atoms with Crippen LogP contribution in [0.4, 0.5) is 0 Å². The van der Waals surface area contributed by atoms with E-state index in [0.717, 1.165) is 35.9 Å². The van der Waals surface area contributed by atoms with Crippen molar-refractivity contribution in [2.75, 3.05) is 0 Å². The Bertz CT molecular complexity index is 549. The molecule has 17 heavy (non-hydrogen) atoms. The Morgan fingerprint density at radius 1 is 1.35 bits per heavy atom. The van der Waals surface area contributed by atoms with Crippen molar-refractivity contribution in [2.24, 2.45) is 5.92 Å². The third kappa shape index (κ3) is 1.62. The van der Waals surface area contributed by atoms with Crippen LogP contribution in [0.1, 0.15) is 31.7 Å². The summed E-state index contributed by atoms with van der Waals surface area (Å²) < 4.78 is 0. The van der Waals surface area contributed by atoms with Crippen molar-refractivity contribution in [3.8, 4) is 0 Å². The molecular formula is C14H16N2O. The van der Waals surface area contributed by atoms with Crippen LogP contribution in [0.5, 0.6) is 0 Å². The quantitative estimate of drug-likeness (QED) is 0.878. The number of hydrogen-bond donors (Lipinski definition) is 1. The highest BCUT2D eigenvalue weighted by molar-refractivity contribution is 5.79. The van der Waals surface area contributed by atoms with Crippen molar-refractivity contribution < 1.29 is 5.11 Å². The van der Waals surface area contributed by atoms with Crippen molar-refractivity contribution in [3.05, 3.63) is 36.2 Å². The van der Waals surface area contributed by atoms with Crippen molar-refractivity contribution in [2.45, 2.75) is 31.8 Å². The molecule has 88 valence electrons. The van der Waals surface area contributed by atoms with E-state index < -0.39 is 5.60 Å². The van der Waals surface area contributed by atoms with Crippen LogP contribution in [0.3, 0.4) is 0 Å². The maximum Gasteiger partial charge on any atom is 0.0951 e. The van der Waals surface area contributed by atoms with E-state index >= 15 is 0 Å². The summed E-state index contributed by atoms with van der Waals surface area (Å²) >= 11 is 0. The minimum absolute atomic E-state index is 0.389. The van der Waals surface area contributed by atoms with E-state index in [9.17, 15) is 5.11 Å². The van der Waals surface area contributed by atoms with Gasteiger partial charge in [0.25, 0.3) is 0 Å². The predicted octanol–water partition coefficient (Wildman–Crippen LogP) is 2.64. The molecule has 0 spiro atoms. The van der Waals surface area contributed by atoms with Gasteiger partial charge >= 0.3 is 0 Å². The summed E-state index contributed by atoms with van der Waals surface area (Å²) in [5.41, 5.74) is 1.99. The van der Waals surface area contributed by atoms with Crippen molar-refractivity contribution >= 4 is 11.0 Å². The van der Waals surface area contributed by atoms with Crippen LogP contribution in [0.25, 0.3) is 11.0 Å². The van der Waals surface area contributed by atoms with E-state index in [1.165, 1.54) is 0 Å². The normalized spacial score (nSPS) is 27.3. The average Bonchev–Trinajstić information content (AvgIpc) is 3.01. The average molecular weight is 228 g/mol. The van der Waals surface area contributed by atoms with E-state index in [-0.39, 0.29) is 0 Å². The summed E-state index contributed by atoms with van der Waals surface area (Å²) in [4.78, 5) is 8.64. The number of hydrogen-bond acceptors (Lipinski definition) is 3. The smallest absolute Gasteiger partial charge is 0.0951 e. The number of para-hydroxylation sites is 1. The monoisotopic (exact) mass is 228 g/mol. The Hall–Kier alpha value is -1.48. The molecule has 3 rings (SSSR count). The molecule has 1 aliphatic carbocycles. The van der Waals surface area contributed by atoms with Crippen LogP contribution < -0.4 is 0 Å². The molecule has 1 aromatic carbocycles. The van der Waals surface area contributed by atoms with Crippen LogP contribution in [0, 0.1) is 5.92 Å². The summed E-state index contributed by atoms with van der Waals surface area (Å²) in [5.74, 6) is 0.389. The highest BCUT2D eigenvalue weighted by Crippen LogP contribution is 2.55. The molecular weight excluding hydrogens is 212 g/mol. The van der Waals surface area contributed by atoms with Gasteiger partial charge in [-0.1, -0.05) is 25.5 Å². The Morgan fingerprint density at radius 3 is 3.00 bits per heavy atom. The fourth-order valence-corrected chi connectivity index (χ4v) is 2.68. The van der Waals surface area contributed by atoms with Gasteiger partial charge in [0.2, 0.25) is 0 Å². The lowest BCUT2D eigenvalue weighted by atomic mass is 10.0. The first-order chi connectivity index (χ1) is 8.25. The van der Waals surface area contributed by atoms with Gasteiger partial charge in [-0.3, -0.25) is 9.97 Å². The second kappa shape index (κ2) is 3.77. The van der Waals surface area contributed by atoms with Gasteiger partial charge < -0.3 is 5.11 Å². The van der Waals surface area contributed by atoms with Crippen molar-refractivity contribution in [3.63, 3.8) is 0 Å². The first-order valence-electron chi connectivity index (χ1n) is 6.18. The molecule has 0 radical (unpaired) electrons. The Kier molecular flexibility index (Phi) is 2.37. The van der Waals surface area contributed by atoms with Crippen LogP contribution in [-0.4, -0.2) is 15.1 Å². The minimum Gasteiger partial charge on any atom is -0.385 e. The Labute approximate surface area is 101 Å². The zero-order chi connectivity index (χ0) is 11.9. The fraction of sp³-hybridized carbons (Fsp3) is 0.429. The van der Waals surface area contributed by atoms with Gasteiger partial charge in [-0.05, 0) is 24.8 Å². The molecule has 1 heterocycles. The van der Waals surface area contributed by atoms with Gasteiger partial charge in [0.15, 0.2) is 0 Å². The SMILES string of the molecule is CCCC1CC1(O)c1cccc2nccnc12. The van der Waals surface area contributed by atoms with Gasteiger partial charge in [-0.2, -0.15) is 0 Å². The molecule has 0 amide bonds. The molecule has 1 saturated carbocycles. The predicted molar refractivity (Wildman–Crippen MR) is 66.4 cm³/mol. The number of aromatic nitrogens is 2. The molecule has 1 N–H and O–H groups in total. The molecule has 0 aliphatic heterocycles. The molecule has 0 saturated heterocycles. The number of benzene rings is 1. The summed E-state index contributed by atoms with van der Waals surface area (Å²) in [7, 11) is 0. The van der Waals surface area contributed by atoms with E-state index in [1.54, 1.807) is 12.4 Å². The lowest BCUT2D eigenvalue weighted by Crippen LogP contribution is -2.10. The summed E-state index contributed by atoms with van der Waals surface area (Å²) in [6.45, 7) is 2.15. The molecule has 1 aliphatic rings. The molecule has 2 aromatic rings. The third-order valence-corrected chi connectivity index (χ3v) is 3.68. The molecule has 3 heteroatoms. The van der Waals surface area contributed by atoms with Crippen LogP contribution in [0.2, 0.25) is 0 Å².